The predicted octanol–water partition coefficient (Wildman–Crippen LogP) is 2.80. The summed E-state index contributed by atoms with van der Waals surface area (Å²) in [4.78, 5) is 15.0. The Bertz CT molecular complexity index is 297. The summed E-state index contributed by atoms with van der Waals surface area (Å²) in [6.45, 7) is 8.64. The first-order chi connectivity index (χ1) is 9.09. The van der Waals surface area contributed by atoms with Crippen molar-refractivity contribution in [2.45, 2.75) is 71.4 Å². The molecule has 1 saturated carbocycles. The van der Waals surface area contributed by atoms with Gasteiger partial charge in [0, 0.05) is 12.6 Å². The molecule has 1 saturated heterocycles. The topological polar surface area (TPSA) is 32.3 Å². The van der Waals surface area contributed by atoms with Gasteiger partial charge in [-0.1, -0.05) is 33.6 Å². The van der Waals surface area contributed by atoms with Crippen LogP contribution >= 0.6 is 0 Å². The molecule has 2 fully saturated rings. The third kappa shape index (κ3) is 3.71. The highest BCUT2D eigenvalue weighted by atomic mass is 16.2. The number of carbonyl (C=O) groups is 1. The van der Waals surface area contributed by atoms with Crippen LogP contribution in [0.1, 0.15) is 59.3 Å². The normalized spacial score (nSPS) is 28.2. The molecule has 0 aromatic rings. The van der Waals surface area contributed by atoms with Crippen molar-refractivity contribution in [1.82, 2.24) is 10.2 Å². The molecular weight excluding hydrogens is 236 g/mol. The van der Waals surface area contributed by atoms with Crippen molar-refractivity contribution in [3.63, 3.8) is 0 Å². The average Bonchev–Trinajstić information content (AvgIpc) is 3.00. The summed E-state index contributed by atoms with van der Waals surface area (Å²) in [5.41, 5.74) is 0. The molecule has 1 aliphatic carbocycles. The van der Waals surface area contributed by atoms with Crippen molar-refractivity contribution < 1.29 is 4.79 Å². The van der Waals surface area contributed by atoms with E-state index in [1.54, 1.807) is 0 Å². The zero-order valence-electron chi connectivity index (χ0n) is 12.8. The van der Waals surface area contributed by atoms with Gasteiger partial charge in [0.1, 0.15) is 0 Å². The second-order valence-electron chi connectivity index (χ2n) is 6.85. The van der Waals surface area contributed by atoms with E-state index in [2.05, 4.69) is 31.0 Å². The molecule has 0 spiro atoms. The SMILES string of the molecule is CC(C)CCN(C(=O)C1NCCC1C)C1CCCC1. The van der Waals surface area contributed by atoms with Gasteiger partial charge in [0.2, 0.25) is 5.91 Å². The van der Waals surface area contributed by atoms with Crippen LogP contribution in [0.15, 0.2) is 0 Å². The van der Waals surface area contributed by atoms with Crippen LogP contribution in [-0.2, 0) is 4.79 Å². The van der Waals surface area contributed by atoms with Crippen LogP contribution in [0.4, 0.5) is 0 Å². The van der Waals surface area contributed by atoms with E-state index in [1.165, 1.54) is 25.7 Å². The molecule has 0 radical (unpaired) electrons. The highest BCUT2D eigenvalue weighted by Crippen LogP contribution is 2.27. The minimum absolute atomic E-state index is 0.0766. The van der Waals surface area contributed by atoms with Crippen molar-refractivity contribution in [2.24, 2.45) is 11.8 Å². The Labute approximate surface area is 118 Å². The van der Waals surface area contributed by atoms with Crippen LogP contribution in [-0.4, -0.2) is 36.0 Å². The molecule has 110 valence electrons. The molecule has 0 aromatic heterocycles. The standard InChI is InChI=1S/C16H30N2O/c1-12(2)9-11-18(14-6-4-5-7-14)16(19)15-13(3)8-10-17-15/h12-15,17H,4-11H2,1-3H3. The zero-order valence-corrected chi connectivity index (χ0v) is 12.8. The maximum absolute atomic E-state index is 12.8. The lowest BCUT2D eigenvalue weighted by atomic mass is 10.0. The van der Waals surface area contributed by atoms with Crippen LogP contribution in [0.2, 0.25) is 0 Å². The third-order valence-corrected chi connectivity index (χ3v) is 4.79. The van der Waals surface area contributed by atoms with Crippen molar-refractivity contribution in [1.29, 1.82) is 0 Å². The highest BCUT2D eigenvalue weighted by molar-refractivity contribution is 5.83. The van der Waals surface area contributed by atoms with E-state index in [1.807, 2.05) is 0 Å². The first kappa shape index (κ1) is 14.8. The van der Waals surface area contributed by atoms with Gasteiger partial charge in [-0.05, 0) is 44.1 Å². The van der Waals surface area contributed by atoms with Gasteiger partial charge < -0.3 is 10.2 Å². The number of hydrogen-bond acceptors (Lipinski definition) is 2. The van der Waals surface area contributed by atoms with E-state index in [9.17, 15) is 4.79 Å². The first-order valence-electron chi connectivity index (χ1n) is 8.13. The van der Waals surface area contributed by atoms with Crippen LogP contribution < -0.4 is 5.32 Å². The molecule has 1 N–H and O–H groups in total. The minimum Gasteiger partial charge on any atom is -0.338 e. The molecule has 3 nitrogen and oxygen atoms in total. The first-order valence-corrected chi connectivity index (χ1v) is 8.13. The summed E-state index contributed by atoms with van der Waals surface area (Å²) in [6, 6.07) is 0.591. The quantitative estimate of drug-likeness (QED) is 0.830. The Morgan fingerprint density at radius 3 is 2.47 bits per heavy atom. The second-order valence-corrected chi connectivity index (χ2v) is 6.85. The second kappa shape index (κ2) is 6.74. The van der Waals surface area contributed by atoms with Gasteiger partial charge in [-0.15, -0.1) is 0 Å². The highest BCUT2D eigenvalue weighted by Gasteiger charge is 2.35. The van der Waals surface area contributed by atoms with E-state index in [0.717, 1.165) is 25.9 Å². The summed E-state index contributed by atoms with van der Waals surface area (Å²) >= 11 is 0. The van der Waals surface area contributed by atoms with Gasteiger partial charge in [-0.2, -0.15) is 0 Å². The van der Waals surface area contributed by atoms with Gasteiger partial charge in [0.15, 0.2) is 0 Å². The van der Waals surface area contributed by atoms with E-state index >= 15 is 0 Å². The fraction of sp³-hybridized carbons (Fsp3) is 0.938. The molecule has 2 aliphatic rings. The number of nitrogens with zero attached hydrogens (tertiary/aromatic N) is 1. The minimum atomic E-state index is 0.0766. The maximum atomic E-state index is 12.8. The molecule has 0 aromatic carbocycles. The lowest BCUT2D eigenvalue weighted by molar-refractivity contribution is -0.136. The van der Waals surface area contributed by atoms with E-state index in [0.29, 0.717) is 23.8 Å². The molecule has 1 aliphatic heterocycles. The van der Waals surface area contributed by atoms with Crippen LogP contribution in [0.25, 0.3) is 0 Å². The third-order valence-electron chi connectivity index (χ3n) is 4.79. The molecule has 1 heterocycles. The summed E-state index contributed by atoms with van der Waals surface area (Å²) in [6.07, 6.45) is 7.28. The molecule has 2 rings (SSSR count). The Balaban J connectivity index is 2.00. The Hall–Kier alpha value is -0.570. The van der Waals surface area contributed by atoms with E-state index in [-0.39, 0.29) is 6.04 Å². The van der Waals surface area contributed by atoms with Gasteiger partial charge >= 0.3 is 0 Å². The molecular formula is C16H30N2O. The molecule has 2 unspecified atom stereocenters. The smallest absolute Gasteiger partial charge is 0.240 e. The van der Waals surface area contributed by atoms with Gasteiger partial charge in [0.05, 0.1) is 6.04 Å². The average molecular weight is 266 g/mol. The van der Waals surface area contributed by atoms with Crippen molar-refractivity contribution in [2.75, 3.05) is 13.1 Å². The number of amides is 1. The van der Waals surface area contributed by atoms with Crippen LogP contribution in [0, 0.1) is 11.8 Å². The predicted molar refractivity (Wildman–Crippen MR) is 79.0 cm³/mol. The van der Waals surface area contributed by atoms with Crippen molar-refractivity contribution >= 4 is 5.91 Å². The number of hydrogen-bond donors (Lipinski definition) is 1. The lowest BCUT2D eigenvalue weighted by Gasteiger charge is -2.33. The summed E-state index contributed by atoms with van der Waals surface area (Å²) in [5, 5.41) is 3.41. The number of nitrogens with one attached hydrogen (secondary N) is 1. The number of carbonyl (C=O) groups excluding carboxylic acids is 1. The molecule has 2 atom stereocenters. The van der Waals surface area contributed by atoms with E-state index in [4.69, 9.17) is 0 Å². The van der Waals surface area contributed by atoms with Gasteiger partial charge in [0.25, 0.3) is 0 Å². The van der Waals surface area contributed by atoms with Crippen molar-refractivity contribution in [3.05, 3.63) is 0 Å². The molecule has 3 heteroatoms. The lowest BCUT2D eigenvalue weighted by Crippen LogP contribution is -2.50. The fourth-order valence-corrected chi connectivity index (χ4v) is 3.43. The fourth-order valence-electron chi connectivity index (χ4n) is 3.43. The molecule has 19 heavy (non-hydrogen) atoms. The summed E-state index contributed by atoms with van der Waals surface area (Å²) < 4.78 is 0. The van der Waals surface area contributed by atoms with Crippen LogP contribution in [0.3, 0.4) is 0 Å². The maximum Gasteiger partial charge on any atom is 0.240 e. The van der Waals surface area contributed by atoms with Gasteiger partial charge in [-0.25, -0.2) is 0 Å². The van der Waals surface area contributed by atoms with Gasteiger partial charge in [-0.3, -0.25) is 4.79 Å². The number of rotatable bonds is 5. The van der Waals surface area contributed by atoms with Crippen molar-refractivity contribution in [3.8, 4) is 0 Å². The van der Waals surface area contributed by atoms with E-state index < -0.39 is 0 Å². The zero-order chi connectivity index (χ0) is 13.8. The molecule has 1 amide bonds. The Morgan fingerprint density at radius 1 is 1.26 bits per heavy atom. The Kier molecular flexibility index (Phi) is 5.26. The largest absolute Gasteiger partial charge is 0.338 e. The molecule has 0 bridgehead atoms. The summed E-state index contributed by atoms with van der Waals surface area (Å²) in [5.74, 6) is 1.54. The summed E-state index contributed by atoms with van der Waals surface area (Å²) in [7, 11) is 0. The monoisotopic (exact) mass is 266 g/mol. The van der Waals surface area contributed by atoms with Crippen LogP contribution in [0.5, 0.6) is 0 Å². The Morgan fingerprint density at radius 2 is 1.95 bits per heavy atom.